The van der Waals surface area contributed by atoms with Crippen molar-refractivity contribution in [3.8, 4) is 0 Å². The summed E-state index contributed by atoms with van der Waals surface area (Å²) in [7, 11) is 3.41. The Bertz CT molecular complexity index is 129. The lowest BCUT2D eigenvalue weighted by atomic mass is 9.87. The van der Waals surface area contributed by atoms with E-state index < -0.39 is 0 Å². The highest BCUT2D eigenvalue weighted by atomic mass is 127. The molecule has 1 aliphatic carbocycles. The zero-order valence-electron chi connectivity index (χ0n) is 10.5. The van der Waals surface area contributed by atoms with Crippen LogP contribution in [0.1, 0.15) is 39.5 Å². The third-order valence-corrected chi connectivity index (χ3v) is 2.33. The van der Waals surface area contributed by atoms with Crippen molar-refractivity contribution in [3.05, 3.63) is 12.7 Å². The van der Waals surface area contributed by atoms with E-state index in [9.17, 15) is 0 Å². The van der Waals surface area contributed by atoms with Crippen LogP contribution in [-0.2, 0) is 7.80 Å². The molecule has 0 saturated heterocycles. The molecule has 0 aromatic heterocycles. The zero-order valence-corrected chi connectivity index (χ0v) is 12.6. The molecule has 15 heavy (non-hydrogen) atoms. The highest BCUT2D eigenvalue weighted by molar-refractivity contribution is 14.1. The Kier molecular flexibility index (Phi) is 17.1. The maximum atomic E-state index is 5.28. The molecule has 1 saturated carbocycles. The first-order chi connectivity index (χ1) is 7.28. The molecule has 0 aromatic rings. The molecule has 0 heterocycles. The van der Waals surface area contributed by atoms with Crippen molar-refractivity contribution in [2.75, 3.05) is 14.2 Å². The van der Waals surface area contributed by atoms with Gasteiger partial charge in [-0.1, -0.05) is 26.3 Å². The average molecular weight is 328 g/mol. The lowest BCUT2D eigenvalue weighted by Crippen LogP contribution is -2.20. The van der Waals surface area contributed by atoms with Crippen LogP contribution in [0.5, 0.6) is 0 Å². The Morgan fingerprint density at radius 2 is 1.80 bits per heavy atom. The summed E-state index contributed by atoms with van der Waals surface area (Å²) in [5, 5.41) is 0. The van der Waals surface area contributed by atoms with Gasteiger partial charge in [0.05, 0.1) is 6.10 Å². The predicted octanol–water partition coefficient (Wildman–Crippen LogP) is 4.39. The molecular formula is C12H25IO2. The molecule has 2 unspecified atom stereocenters. The molecule has 0 aliphatic heterocycles. The fourth-order valence-corrected chi connectivity index (χ4v) is 1.61. The van der Waals surface area contributed by atoms with Gasteiger partial charge in [0.1, 0.15) is 23.0 Å². The van der Waals surface area contributed by atoms with Crippen molar-refractivity contribution in [1.82, 2.24) is 0 Å². The maximum Gasteiger partial charge on any atom is 0.109 e. The highest BCUT2D eigenvalue weighted by Gasteiger charge is 2.18. The Hall–Kier alpha value is 0.390. The van der Waals surface area contributed by atoms with Crippen LogP contribution < -0.4 is 0 Å². The predicted molar refractivity (Wildman–Crippen MR) is 75.3 cm³/mol. The summed E-state index contributed by atoms with van der Waals surface area (Å²) in [5.74, 6) is 0.707. The fourth-order valence-electron chi connectivity index (χ4n) is 1.61. The molecule has 2 atom stereocenters. The van der Waals surface area contributed by atoms with Crippen LogP contribution in [-0.4, -0.2) is 20.3 Å². The summed E-state index contributed by atoms with van der Waals surface area (Å²) >= 11 is 1.79. The molecule has 0 spiro atoms. The van der Waals surface area contributed by atoms with Crippen LogP contribution in [0.25, 0.3) is 0 Å². The number of rotatable bonds is 2. The number of allylic oxidation sites excluding steroid dienone is 1. The summed E-state index contributed by atoms with van der Waals surface area (Å²) in [6.45, 7) is 7.80. The summed E-state index contributed by atoms with van der Waals surface area (Å²) in [5.41, 5.74) is 0. The van der Waals surface area contributed by atoms with E-state index in [4.69, 9.17) is 4.74 Å². The van der Waals surface area contributed by atoms with Crippen LogP contribution in [0.3, 0.4) is 0 Å². The number of hydrogen-bond acceptors (Lipinski definition) is 2. The van der Waals surface area contributed by atoms with Crippen LogP contribution in [0.15, 0.2) is 12.7 Å². The summed E-state index contributed by atoms with van der Waals surface area (Å²) < 4.78 is 9.50. The second kappa shape index (κ2) is 14.4. The molecule has 3 heteroatoms. The van der Waals surface area contributed by atoms with Gasteiger partial charge in [-0.2, -0.15) is 0 Å². The van der Waals surface area contributed by atoms with E-state index in [1.807, 2.05) is 13.8 Å². The Balaban J connectivity index is 0. The Labute approximate surface area is 109 Å². The van der Waals surface area contributed by atoms with Gasteiger partial charge in [0.2, 0.25) is 0 Å². The lowest BCUT2D eigenvalue weighted by Gasteiger charge is -2.25. The second-order valence-electron chi connectivity index (χ2n) is 3.17. The number of halogens is 1. The fraction of sp³-hybridized carbons (Fsp3) is 0.833. The van der Waals surface area contributed by atoms with Crippen LogP contribution in [0.2, 0.25) is 0 Å². The minimum Gasteiger partial charge on any atom is -0.381 e. The normalized spacial score (nSPS) is 24.1. The number of ether oxygens (including phenoxy) is 1. The molecule has 0 bridgehead atoms. The number of hydrogen-bond donors (Lipinski definition) is 0. The van der Waals surface area contributed by atoms with Crippen molar-refractivity contribution in [1.29, 1.82) is 0 Å². The Morgan fingerprint density at radius 3 is 2.20 bits per heavy atom. The van der Waals surface area contributed by atoms with Crippen LogP contribution >= 0.6 is 23.0 Å². The molecular weight excluding hydrogens is 303 g/mol. The molecule has 0 radical (unpaired) electrons. The van der Waals surface area contributed by atoms with Crippen molar-refractivity contribution >= 4 is 23.0 Å². The monoisotopic (exact) mass is 328 g/mol. The summed E-state index contributed by atoms with van der Waals surface area (Å²) in [4.78, 5) is 0. The molecule has 0 N–H and O–H groups in total. The Morgan fingerprint density at radius 1 is 1.27 bits per heavy atom. The molecule has 1 aliphatic rings. The molecule has 0 amide bonds. The van der Waals surface area contributed by atoms with Gasteiger partial charge >= 0.3 is 0 Å². The standard InChI is InChI=1S/C9H16O.C2H6.CH3IO/c1-3-8-5-4-6-9(7-8)10-2;1-2;1-3-2/h3,8-9H,1,4-7H2,2H3;1-2H3;1H3. The smallest absolute Gasteiger partial charge is 0.109 e. The van der Waals surface area contributed by atoms with E-state index in [0.29, 0.717) is 12.0 Å². The van der Waals surface area contributed by atoms with Crippen molar-refractivity contribution < 1.29 is 7.80 Å². The van der Waals surface area contributed by atoms with Crippen LogP contribution in [0, 0.1) is 5.92 Å². The van der Waals surface area contributed by atoms with E-state index in [-0.39, 0.29) is 0 Å². The van der Waals surface area contributed by atoms with Crippen molar-refractivity contribution in [3.63, 3.8) is 0 Å². The van der Waals surface area contributed by atoms with Crippen molar-refractivity contribution in [2.24, 2.45) is 5.92 Å². The summed E-state index contributed by atoms with van der Waals surface area (Å²) in [6, 6.07) is 0. The minimum absolute atomic E-state index is 0.497. The lowest BCUT2D eigenvalue weighted by molar-refractivity contribution is 0.0590. The third kappa shape index (κ3) is 10.7. The van der Waals surface area contributed by atoms with Gasteiger partial charge < -0.3 is 7.80 Å². The van der Waals surface area contributed by atoms with E-state index in [0.717, 1.165) is 0 Å². The average Bonchev–Trinajstić information content (AvgIpc) is 2.33. The summed E-state index contributed by atoms with van der Waals surface area (Å²) in [6.07, 6.45) is 7.58. The van der Waals surface area contributed by atoms with Gasteiger partial charge in [-0.25, -0.2) is 0 Å². The van der Waals surface area contributed by atoms with Gasteiger partial charge in [-0.3, -0.25) is 0 Å². The van der Waals surface area contributed by atoms with Gasteiger partial charge in [-0.05, 0) is 25.2 Å². The number of methoxy groups -OCH3 is 1. The van der Waals surface area contributed by atoms with Gasteiger partial charge in [-0.15, -0.1) is 6.58 Å². The maximum absolute atomic E-state index is 5.28. The van der Waals surface area contributed by atoms with Crippen LogP contribution in [0.4, 0.5) is 0 Å². The van der Waals surface area contributed by atoms with E-state index in [2.05, 4.69) is 15.7 Å². The molecule has 92 valence electrons. The van der Waals surface area contributed by atoms with Gasteiger partial charge in [0, 0.05) is 14.2 Å². The SMILES string of the molecule is C=CC1CCCC(OC)C1.CC.COI. The minimum atomic E-state index is 0.497. The molecule has 1 fully saturated rings. The molecule has 1 rings (SSSR count). The molecule has 2 nitrogen and oxygen atoms in total. The third-order valence-electron chi connectivity index (χ3n) is 2.33. The zero-order chi connectivity index (χ0) is 12.1. The second-order valence-corrected chi connectivity index (χ2v) is 4.06. The first-order valence-corrected chi connectivity index (χ1v) is 6.46. The first-order valence-electron chi connectivity index (χ1n) is 5.58. The first kappa shape index (κ1) is 17.8. The topological polar surface area (TPSA) is 18.5 Å². The van der Waals surface area contributed by atoms with E-state index in [1.54, 1.807) is 37.2 Å². The molecule has 0 aromatic carbocycles. The van der Waals surface area contributed by atoms with Crippen molar-refractivity contribution in [2.45, 2.75) is 45.6 Å². The van der Waals surface area contributed by atoms with Gasteiger partial charge in [0.25, 0.3) is 0 Å². The van der Waals surface area contributed by atoms with E-state index >= 15 is 0 Å². The largest absolute Gasteiger partial charge is 0.381 e. The highest BCUT2D eigenvalue weighted by Crippen LogP contribution is 2.26. The van der Waals surface area contributed by atoms with Gasteiger partial charge in [0.15, 0.2) is 0 Å². The quantitative estimate of drug-likeness (QED) is 0.553. The van der Waals surface area contributed by atoms with E-state index in [1.165, 1.54) is 25.7 Å².